The van der Waals surface area contributed by atoms with Gasteiger partial charge in [0.1, 0.15) is 11.5 Å². The number of allylic oxidation sites excluding steroid dienone is 1. The number of fused-ring (bicyclic) bond motifs is 1. The van der Waals surface area contributed by atoms with Crippen molar-refractivity contribution in [2.24, 2.45) is 0 Å². The summed E-state index contributed by atoms with van der Waals surface area (Å²) < 4.78 is 14.8. The van der Waals surface area contributed by atoms with Crippen molar-refractivity contribution in [3.63, 3.8) is 0 Å². The molecule has 0 fully saturated rings. The molecule has 2 heterocycles. The molecule has 0 aliphatic heterocycles. The van der Waals surface area contributed by atoms with Gasteiger partial charge in [-0.25, -0.2) is 9.37 Å². The van der Waals surface area contributed by atoms with Crippen molar-refractivity contribution >= 4 is 50.2 Å². The van der Waals surface area contributed by atoms with E-state index in [1.807, 2.05) is 12.1 Å². The number of nitrogens with one attached hydrogen (secondary N) is 1. The SMILES string of the molecule is N#CC(=Cc1c[nH]c2ncc(Br)cc12)c1c(F)cccc1Cl. The van der Waals surface area contributed by atoms with E-state index in [9.17, 15) is 9.65 Å². The van der Waals surface area contributed by atoms with Crippen LogP contribution in [0.4, 0.5) is 4.39 Å². The first kappa shape index (κ1) is 14.8. The van der Waals surface area contributed by atoms with Gasteiger partial charge >= 0.3 is 0 Å². The van der Waals surface area contributed by atoms with Crippen molar-refractivity contribution in [3.8, 4) is 6.07 Å². The van der Waals surface area contributed by atoms with Crippen molar-refractivity contribution in [2.45, 2.75) is 0 Å². The molecule has 0 spiro atoms. The Morgan fingerprint density at radius 2 is 2.27 bits per heavy atom. The molecule has 1 N–H and O–H groups in total. The maximum Gasteiger partial charge on any atom is 0.137 e. The third-order valence-corrected chi connectivity index (χ3v) is 3.93. The molecule has 0 saturated carbocycles. The standard InChI is InChI=1S/C16H8BrClFN3/c17-11-5-12-10(7-21-16(12)22-8-11)4-9(6-20)15-13(18)2-1-3-14(15)19/h1-5,7-8H,(H,21,22). The van der Waals surface area contributed by atoms with E-state index in [1.54, 1.807) is 24.5 Å². The zero-order valence-corrected chi connectivity index (χ0v) is 13.4. The van der Waals surface area contributed by atoms with Crippen molar-refractivity contribution in [1.29, 1.82) is 5.26 Å². The molecule has 0 unspecified atom stereocenters. The first-order chi connectivity index (χ1) is 10.6. The molecule has 0 amide bonds. The largest absolute Gasteiger partial charge is 0.346 e. The molecule has 0 aliphatic rings. The first-order valence-corrected chi connectivity index (χ1v) is 7.46. The van der Waals surface area contributed by atoms with Crippen molar-refractivity contribution in [3.05, 3.63) is 63.1 Å². The monoisotopic (exact) mass is 375 g/mol. The number of rotatable bonds is 2. The summed E-state index contributed by atoms with van der Waals surface area (Å²) in [6, 6.07) is 8.22. The first-order valence-electron chi connectivity index (χ1n) is 6.29. The highest BCUT2D eigenvalue weighted by molar-refractivity contribution is 9.10. The van der Waals surface area contributed by atoms with Crippen LogP contribution >= 0.6 is 27.5 Å². The van der Waals surface area contributed by atoms with Crippen LogP contribution in [0.25, 0.3) is 22.7 Å². The van der Waals surface area contributed by atoms with Gasteiger partial charge in [-0.1, -0.05) is 17.7 Å². The Balaban J connectivity index is 2.20. The van der Waals surface area contributed by atoms with Crippen LogP contribution in [0.3, 0.4) is 0 Å². The van der Waals surface area contributed by atoms with Crippen molar-refractivity contribution in [1.82, 2.24) is 9.97 Å². The molecule has 108 valence electrons. The third kappa shape index (κ3) is 2.63. The molecule has 0 radical (unpaired) electrons. The van der Waals surface area contributed by atoms with E-state index in [4.69, 9.17) is 11.6 Å². The summed E-state index contributed by atoms with van der Waals surface area (Å²) in [5, 5.41) is 10.4. The van der Waals surface area contributed by atoms with Crippen LogP contribution in [-0.4, -0.2) is 9.97 Å². The molecule has 22 heavy (non-hydrogen) atoms. The number of hydrogen-bond acceptors (Lipinski definition) is 2. The Bertz CT molecular complexity index is 920. The van der Waals surface area contributed by atoms with Crippen LogP contribution in [-0.2, 0) is 0 Å². The van der Waals surface area contributed by atoms with E-state index in [-0.39, 0.29) is 16.2 Å². The second-order valence-electron chi connectivity index (χ2n) is 4.56. The van der Waals surface area contributed by atoms with E-state index in [0.29, 0.717) is 5.65 Å². The van der Waals surface area contributed by atoms with Gasteiger partial charge in [-0.2, -0.15) is 5.26 Å². The lowest BCUT2D eigenvalue weighted by Crippen LogP contribution is -1.89. The number of aromatic nitrogens is 2. The number of pyridine rings is 1. The Hall–Kier alpha value is -2.16. The van der Waals surface area contributed by atoms with Crippen molar-refractivity contribution < 1.29 is 4.39 Å². The van der Waals surface area contributed by atoms with Gasteiger partial charge in [0.2, 0.25) is 0 Å². The third-order valence-electron chi connectivity index (χ3n) is 3.18. The van der Waals surface area contributed by atoms with E-state index in [1.165, 1.54) is 12.1 Å². The minimum atomic E-state index is -0.528. The minimum Gasteiger partial charge on any atom is -0.346 e. The second-order valence-corrected chi connectivity index (χ2v) is 5.88. The van der Waals surface area contributed by atoms with E-state index in [2.05, 4.69) is 25.9 Å². The Morgan fingerprint density at radius 3 is 3.00 bits per heavy atom. The molecule has 2 aromatic heterocycles. The molecule has 1 aromatic carbocycles. The molecule has 3 aromatic rings. The molecule has 0 atom stereocenters. The summed E-state index contributed by atoms with van der Waals surface area (Å²) in [7, 11) is 0. The Labute approximate surface area is 139 Å². The highest BCUT2D eigenvalue weighted by Gasteiger charge is 2.13. The highest BCUT2D eigenvalue weighted by Crippen LogP contribution is 2.30. The minimum absolute atomic E-state index is 0.101. The average molecular weight is 377 g/mol. The van der Waals surface area contributed by atoms with E-state index >= 15 is 0 Å². The summed E-state index contributed by atoms with van der Waals surface area (Å²) in [6.45, 7) is 0. The summed E-state index contributed by atoms with van der Waals surface area (Å²) in [6.07, 6.45) is 4.98. The quantitative estimate of drug-likeness (QED) is 0.626. The average Bonchev–Trinajstić information content (AvgIpc) is 2.88. The molecule has 0 bridgehead atoms. The van der Waals surface area contributed by atoms with Gasteiger partial charge in [0.05, 0.1) is 16.7 Å². The predicted molar refractivity (Wildman–Crippen MR) is 88.7 cm³/mol. The van der Waals surface area contributed by atoms with Gasteiger partial charge in [-0.15, -0.1) is 0 Å². The van der Waals surface area contributed by atoms with Gasteiger partial charge in [-0.05, 0) is 40.2 Å². The fourth-order valence-electron chi connectivity index (χ4n) is 2.19. The van der Waals surface area contributed by atoms with Gasteiger partial charge in [-0.3, -0.25) is 0 Å². The van der Waals surface area contributed by atoms with E-state index in [0.717, 1.165) is 15.4 Å². The molecular formula is C16H8BrClFN3. The lowest BCUT2D eigenvalue weighted by Gasteiger charge is -2.04. The summed E-state index contributed by atoms with van der Waals surface area (Å²) in [5.74, 6) is -0.528. The fraction of sp³-hybridized carbons (Fsp3) is 0. The second kappa shape index (κ2) is 5.91. The van der Waals surface area contributed by atoms with Crippen LogP contribution in [0.15, 0.2) is 41.1 Å². The number of aromatic amines is 1. The van der Waals surface area contributed by atoms with Gasteiger partial charge in [0, 0.05) is 33.4 Å². The number of halogens is 3. The Kier molecular flexibility index (Phi) is 3.97. The molecule has 3 nitrogen and oxygen atoms in total. The molecule has 0 saturated heterocycles. The van der Waals surface area contributed by atoms with Crippen LogP contribution in [0, 0.1) is 17.1 Å². The van der Waals surface area contributed by atoms with Crippen molar-refractivity contribution in [2.75, 3.05) is 0 Å². The summed E-state index contributed by atoms with van der Waals surface area (Å²) in [5.41, 5.74) is 1.68. The van der Waals surface area contributed by atoms with Crippen LogP contribution in [0.5, 0.6) is 0 Å². The maximum absolute atomic E-state index is 14.0. The summed E-state index contributed by atoms with van der Waals surface area (Å²) in [4.78, 5) is 7.24. The fourth-order valence-corrected chi connectivity index (χ4v) is 2.78. The van der Waals surface area contributed by atoms with E-state index < -0.39 is 5.82 Å². The van der Waals surface area contributed by atoms with Crippen LogP contribution < -0.4 is 0 Å². The number of nitriles is 1. The lowest BCUT2D eigenvalue weighted by atomic mass is 10.0. The number of nitrogens with zero attached hydrogens (tertiary/aromatic N) is 2. The number of benzene rings is 1. The molecular weight excluding hydrogens is 369 g/mol. The predicted octanol–water partition coefficient (Wildman–Crippen LogP) is 5.18. The van der Waals surface area contributed by atoms with Gasteiger partial charge in [0.25, 0.3) is 0 Å². The maximum atomic E-state index is 14.0. The number of H-pyrrole nitrogens is 1. The zero-order valence-electron chi connectivity index (χ0n) is 11.1. The van der Waals surface area contributed by atoms with Crippen LogP contribution in [0.2, 0.25) is 5.02 Å². The molecule has 6 heteroatoms. The Morgan fingerprint density at radius 1 is 1.45 bits per heavy atom. The summed E-state index contributed by atoms with van der Waals surface area (Å²) >= 11 is 9.39. The molecule has 0 aliphatic carbocycles. The zero-order chi connectivity index (χ0) is 15.7. The number of hydrogen-bond donors (Lipinski definition) is 1. The topological polar surface area (TPSA) is 52.5 Å². The normalized spacial score (nSPS) is 11.6. The van der Waals surface area contributed by atoms with Gasteiger partial charge < -0.3 is 4.98 Å². The molecule has 3 rings (SSSR count). The van der Waals surface area contributed by atoms with Gasteiger partial charge in [0.15, 0.2) is 0 Å². The smallest absolute Gasteiger partial charge is 0.137 e. The van der Waals surface area contributed by atoms with Crippen LogP contribution in [0.1, 0.15) is 11.1 Å². The lowest BCUT2D eigenvalue weighted by molar-refractivity contribution is 0.624. The highest BCUT2D eigenvalue weighted by atomic mass is 79.9.